The van der Waals surface area contributed by atoms with Crippen LogP contribution >= 0.6 is 0 Å². The summed E-state index contributed by atoms with van der Waals surface area (Å²) in [6, 6.07) is 13.9. The zero-order valence-corrected chi connectivity index (χ0v) is 15.4. The lowest BCUT2D eigenvalue weighted by Crippen LogP contribution is -2.41. The molecule has 1 saturated heterocycles. The molecule has 0 unspecified atom stereocenters. The largest absolute Gasteiger partial charge is 0.378 e. The van der Waals surface area contributed by atoms with Gasteiger partial charge in [-0.05, 0) is 42.8 Å². The third kappa shape index (κ3) is 4.25. The zero-order chi connectivity index (χ0) is 19.4. The fourth-order valence-corrected chi connectivity index (χ4v) is 2.92. The third-order valence-corrected chi connectivity index (χ3v) is 4.41. The first-order valence-electron chi connectivity index (χ1n) is 8.74. The lowest BCUT2D eigenvalue weighted by Gasteiger charge is -2.16. The summed E-state index contributed by atoms with van der Waals surface area (Å²) < 4.78 is 0. The van der Waals surface area contributed by atoms with E-state index in [-0.39, 0.29) is 5.91 Å². The molecule has 0 aromatic heterocycles. The molecule has 1 aliphatic heterocycles. The van der Waals surface area contributed by atoms with Crippen molar-refractivity contribution in [1.29, 1.82) is 0 Å². The van der Waals surface area contributed by atoms with E-state index in [1.165, 1.54) is 0 Å². The fraction of sp³-hybridized carbons (Fsp3) is 0.250. The van der Waals surface area contributed by atoms with Crippen LogP contribution in [0.25, 0.3) is 0 Å². The molecule has 3 rings (SSSR count). The van der Waals surface area contributed by atoms with Gasteiger partial charge >= 0.3 is 0 Å². The average Bonchev–Trinajstić information content (AvgIpc) is 3.12. The van der Waals surface area contributed by atoms with Crippen molar-refractivity contribution in [3.05, 3.63) is 59.7 Å². The maximum absolute atomic E-state index is 12.4. The molecule has 0 atom stereocenters. The van der Waals surface area contributed by atoms with Crippen molar-refractivity contribution in [2.75, 3.05) is 30.4 Å². The summed E-state index contributed by atoms with van der Waals surface area (Å²) in [6.07, 6.45) is 1.34. The minimum absolute atomic E-state index is 0.0571. The van der Waals surface area contributed by atoms with Crippen molar-refractivity contribution in [2.45, 2.75) is 12.8 Å². The van der Waals surface area contributed by atoms with Gasteiger partial charge in [0.2, 0.25) is 5.91 Å². The summed E-state index contributed by atoms with van der Waals surface area (Å²) >= 11 is 0. The molecule has 0 bridgehead atoms. The lowest BCUT2D eigenvalue weighted by atomic mass is 10.1. The number of benzene rings is 2. The zero-order valence-electron chi connectivity index (χ0n) is 15.4. The number of hydrogen-bond donors (Lipinski definition) is 2. The topological polar surface area (TPSA) is 81.8 Å². The molecular weight excluding hydrogens is 344 g/mol. The molecule has 2 aromatic carbocycles. The predicted molar refractivity (Wildman–Crippen MR) is 104 cm³/mol. The van der Waals surface area contributed by atoms with Gasteiger partial charge in [0, 0.05) is 49.6 Å². The second-order valence-corrected chi connectivity index (χ2v) is 6.55. The van der Waals surface area contributed by atoms with E-state index in [1.807, 2.05) is 25.1 Å². The number of rotatable bonds is 4. The Bertz CT molecular complexity index is 879. The van der Waals surface area contributed by atoms with E-state index in [0.717, 1.165) is 12.1 Å². The Morgan fingerprint density at radius 2 is 1.59 bits per heavy atom. The molecule has 1 aliphatic rings. The molecule has 0 aliphatic carbocycles. The van der Waals surface area contributed by atoms with Crippen LogP contribution in [0.15, 0.2) is 48.5 Å². The van der Waals surface area contributed by atoms with Gasteiger partial charge in [-0.25, -0.2) is 0 Å². The molecule has 2 N–H and O–H groups in total. The summed E-state index contributed by atoms with van der Waals surface area (Å²) in [6.45, 7) is 0.656. The monoisotopic (exact) mass is 366 g/mol. The van der Waals surface area contributed by atoms with Crippen LogP contribution in [-0.2, 0) is 4.79 Å². The second-order valence-electron chi connectivity index (χ2n) is 6.55. The van der Waals surface area contributed by atoms with Gasteiger partial charge < -0.3 is 9.80 Å². The molecule has 0 radical (unpaired) electrons. The van der Waals surface area contributed by atoms with Crippen LogP contribution in [0.3, 0.4) is 0 Å². The first-order chi connectivity index (χ1) is 13.0. The maximum Gasteiger partial charge on any atom is 0.269 e. The molecular formula is C20H22N4O3. The average molecular weight is 366 g/mol. The van der Waals surface area contributed by atoms with Gasteiger partial charge in [-0.1, -0.05) is 12.1 Å². The molecule has 7 heteroatoms. The smallest absolute Gasteiger partial charge is 0.269 e. The highest BCUT2D eigenvalue weighted by Gasteiger charge is 2.22. The maximum atomic E-state index is 12.4. The third-order valence-electron chi connectivity index (χ3n) is 4.41. The number of anilines is 2. The summed E-state index contributed by atoms with van der Waals surface area (Å²) in [5.74, 6) is -0.792. The van der Waals surface area contributed by atoms with Gasteiger partial charge in [0.05, 0.1) is 0 Å². The van der Waals surface area contributed by atoms with Crippen LogP contribution in [0.4, 0.5) is 11.4 Å². The van der Waals surface area contributed by atoms with Crippen LogP contribution in [0.5, 0.6) is 0 Å². The number of carbonyl (C=O) groups is 3. The Kier molecular flexibility index (Phi) is 5.40. The molecule has 7 nitrogen and oxygen atoms in total. The van der Waals surface area contributed by atoms with E-state index in [9.17, 15) is 14.4 Å². The first kappa shape index (κ1) is 18.4. The minimum atomic E-state index is -0.444. The summed E-state index contributed by atoms with van der Waals surface area (Å²) in [5, 5.41) is 0. The van der Waals surface area contributed by atoms with Crippen LogP contribution in [-0.4, -0.2) is 38.4 Å². The minimum Gasteiger partial charge on any atom is -0.378 e. The molecule has 140 valence electrons. The van der Waals surface area contributed by atoms with Crippen molar-refractivity contribution in [3.8, 4) is 0 Å². The van der Waals surface area contributed by atoms with Crippen LogP contribution in [0.2, 0.25) is 0 Å². The van der Waals surface area contributed by atoms with Gasteiger partial charge in [-0.3, -0.25) is 25.2 Å². The summed E-state index contributed by atoms with van der Waals surface area (Å²) in [7, 11) is 3.77. The molecule has 1 fully saturated rings. The van der Waals surface area contributed by atoms with Crippen LogP contribution in [0.1, 0.15) is 33.6 Å². The number of hydrogen-bond acceptors (Lipinski definition) is 4. The van der Waals surface area contributed by atoms with Crippen molar-refractivity contribution in [3.63, 3.8) is 0 Å². The van der Waals surface area contributed by atoms with E-state index in [1.54, 1.807) is 47.4 Å². The molecule has 3 amide bonds. The summed E-state index contributed by atoms with van der Waals surface area (Å²) in [5.41, 5.74) is 7.23. The molecule has 1 heterocycles. The van der Waals surface area contributed by atoms with Crippen molar-refractivity contribution in [2.24, 2.45) is 0 Å². The van der Waals surface area contributed by atoms with E-state index in [4.69, 9.17) is 0 Å². The molecule has 27 heavy (non-hydrogen) atoms. The predicted octanol–water partition coefficient (Wildman–Crippen LogP) is 1.95. The number of carbonyl (C=O) groups excluding carboxylic acids is 3. The molecule has 0 saturated carbocycles. The van der Waals surface area contributed by atoms with E-state index in [2.05, 4.69) is 10.9 Å². The van der Waals surface area contributed by atoms with Crippen LogP contribution < -0.4 is 20.7 Å². The highest BCUT2D eigenvalue weighted by molar-refractivity contribution is 6.01. The van der Waals surface area contributed by atoms with Crippen LogP contribution in [0, 0.1) is 0 Å². The Morgan fingerprint density at radius 3 is 2.19 bits per heavy atom. The van der Waals surface area contributed by atoms with Crippen molar-refractivity contribution >= 4 is 29.1 Å². The number of amides is 3. The highest BCUT2D eigenvalue weighted by atomic mass is 16.2. The Hall–Kier alpha value is -3.35. The number of nitrogens with zero attached hydrogens (tertiary/aromatic N) is 2. The molecule has 2 aromatic rings. The van der Waals surface area contributed by atoms with Gasteiger partial charge in [-0.2, -0.15) is 0 Å². The Morgan fingerprint density at radius 1 is 0.963 bits per heavy atom. The normalized spacial score (nSPS) is 13.4. The Balaban J connectivity index is 1.65. The van der Waals surface area contributed by atoms with Gasteiger partial charge in [-0.15, -0.1) is 0 Å². The van der Waals surface area contributed by atoms with Gasteiger partial charge in [0.1, 0.15) is 0 Å². The standard InChI is InChI=1S/C20H22N4O3/c1-23(2)16-8-3-6-14(12-16)19(26)21-22-20(27)15-7-4-9-17(13-15)24-11-5-10-18(24)25/h3-4,6-9,12-13H,5,10-11H2,1-2H3,(H,21,26)(H,22,27). The number of hydrazine groups is 1. The van der Waals surface area contributed by atoms with Crippen molar-refractivity contribution < 1.29 is 14.4 Å². The lowest BCUT2D eigenvalue weighted by molar-refractivity contribution is -0.117. The quantitative estimate of drug-likeness (QED) is 0.811. The molecule has 0 spiro atoms. The number of nitrogens with one attached hydrogen (secondary N) is 2. The second kappa shape index (κ2) is 7.90. The van der Waals surface area contributed by atoms with E-state index in [0.29, 0.717) is 29.8 Å². The van der Waals surface area contributed by atoms with E-state index >= 15 is 0 Å². The van der Waals surface area contributed by atoms with Gasteiger partial charge in [0.15, 0.2) is 0 Å². The SMILES string of the molecule is CN(C)c1cccc(C(=O)NNC(=O)c2cccc(N3CCCC3=O)c2)c1. The van der Waals surface area contributed by atoms with E-state index < -0.39 is 11.8 Å². The fourth-order valence-electron chi connectivity index (χ4n) is 2.92. The summed E-state index contributed by atoms with van der Waals surface area (Å²) in [4.78, 5) is 40.1. The Labute approximate surface area is 157 Å². The highest BCUT2D eigenvalue weighted by Crippen LogP contribution is 2.22. The first-order valence-corrected chi connectivity index (χ1v) is 8.74. The van der Waals surface area contributed by atoms with Gasteiger partial charge in [0.25, 0.3) is 11.8 Å². The van der Waals surface area contributed by atoms with Crippen molar-refractivity contribution in [1.82, 2.24) is 10.9 Å².